The fourth-order valence-corrected chi connectivity index (χ4v) is 3.62. The van der Waals surface area contributed by atoms with Crippen molar-refractivity contribution in [2.45, 2.75) is 19.4 Å². The molecular formula is C20H18ClFN4O2. The van der Waals surface area contributed by atoms with Crippen LogP contribution in [0.25, 0.3) is 10.8 Å². The smallest absolute Gasteiger partial charge is 0.275 e. The lowest BCUT2D eigenvalue weighted by molar-refractivity contribution is -0.117. The van der Waals surface area contributed by atoms with Crippen LogP contribution in [0.5, 0.6) is 0 Å². The Balaban J connectivity index is 1.67. The Morgan fingerprint density at radius 3 is 2.57 bits per heavy atom. The first-order valence-electron chi connectivity index (χ1n) is 9.02. The highest BCUT2D eigenvalue weighted by molar-refractivity contribution is 6.33. The molecule has 0 radical (unpaired) electrons. The zero-order chi connectivity index (χ0) is 19.7. The van der Waals surface area contributed by atoms with Gasteiger partial charge < -0.3 is 10.2 Å². The number of fused-ring (bicyclic) bond motifs is 1. The van der Waals surface area contributed by atoms with Gasteiger partial charge in [0.2, 0.25) is 5.91 Å². The second-order valence-corrected chi connectivity index (χ2v) is 7.11. The summed E-state index contributed by atoms with van der Waals surface area (Å²) in [5.41, 5.74) is -0.0550. The van der Waals surface area contributed by atoms with Gasteiger partial charge >= 0.3 is 0 Å². The molecule has 0 atom stereocenters. The van der Waals surface area contributed by atoms with Crippen LogP contribution in [-0.2, 0) is 11.3 Å². The van der Waals surface area contributed by atoms with Gasteiger partial charge in [-0.2, -0.15) is 5.10 Å². The summed E-state index contributed by atoms with van der Waals surface area (Å²) in [6.07, 6.45) is 2.14. The molecule has 1 N–H and O–H groups in total. The van der Waals surface area contributed by atoms with E-state index in [1.54, 1.807) is 12.1 Å². The van der Waals surface area contributed by atoms with Crippen molar-refractivity contribution in [2.24, 2.45) is 0 Å². The molecule has 3 aromatic rings. The molecule has 6 nitrogen and oxygen atoms in total. The van der Waals surface area contributed by atoms with Crippen molar-refractivity contribution < 1.29 is 9.18 Å². The molecule has 0 bridgehead atoms. The summed E-state index contributed by atoms with van der Waals surface area (Å²) < 4.78 is 14.3. The Morgan fingerprint density at radius 2 is 1.86 bits per heavy atom. The van der Waals surface area contributed by atoms with Crippen molar-refractivity contribution in [3.8, 4) is 0 Å². The zero-order valence-electron chi connectivity index (χ0n) is 15.0. The number of halogens is 2. The van der Waals surface area contributed by atoms with E-state index in [1.165, 1.54) is 16.8 Å². The van der Waals surface area contributed by atoms with Crippen molar-refractivity contribution in [1.82, 2.24) is 9.78 Å². The first-order valence-corrected chi connectivity index (χ1v) is 9.40. The van der Waals surface area contributed by atoms with E-state index in [9.17, 15) is 14.0 Å². The van der Waals surface area contributed by atoms with E-state index in [1.807, 2.05) is 12.1 Å². The summed E-state index contributed by atoms with van der Waals surface area (Å²) in [7, 11) is 0. The molecule has 2 heterocycles. The van der Waals surface area contributed by atoms with Gasteiger partial charge in [-0.15, -0.1) is 0 Å². The van der Waals surface area contributed by atoms with Gasteiger partial charge in [0.1, 0.15) is 12.4 Å². The number of anilines is 2. The minimum Gasteiger partial charge on any atom is -0.355 e. The molecule has 2 aromatic carbocycles. The molecule has 1 fully saturated rings. The van der Waals surface area contributed by atoms with Crippen molar-refractivity contribution in [3.05, 3.63) is 63.7 Å². The fraction of sp³-hybridized carbons (Fsp3) is 0.250. The standard InChI is InChI=1S/C20H18ClFN4O2/c21-16-11-13(22)7-8-17(16)23-18(27)12-26-20(28)15-6-2-1-5-14(15)19(24-26)25-9-3-4-10-25/h1-2,5-8,11H,3-4,9-10,12H2,(H,23,27). The van der Waals surface area contributed by atoms with Crippen LogP contribution in [0.4, 0.5) is 15.9 Å². The SMILES string of the molecule is O=C(Cn1nc(N2CCCC2)c2ccccc2c1=O)Nc1ccc(F)cc1Cl. The predicted molar refractivity (Wildman–Crippen MR) is 107 cm³/mol. The number of carbonyl (C=O) groups is 1. The van der Waals surface area contributed by atoms with E-state index >= 15 is 0 Å². The summed E-state index contributed by atoms with van der Waals surface area (Å²) >= 11 is 5.95. The number of carbonyl (C=O) groups excluding carboxylic acids is 1. The Labute approximate surface area is 165 Å². The van der Waals surface area contributed by atoms with Gasteiger partial charge in [0.25, 0.3) is 5.56 Å². The van der Waals surface area contributed by atoms with Gasteiger partial charge in [-0.25, -0.2) is 9.07 Å². The summed E-state index contributed by atoms with van der Waals surface area (Å²) in [5, 5.41) is 8.47. The molecule has 144 valence electrons. The quantitative estimate of drug-likeness (QED) is 0.728. The Bertz CT molecular complexity index is 1110. The molecular weight excluding hydrogens is 383 g/mol. The third-order valence-corrected chi connectivity index (χ3v) is 5.07. The van der Waals surface area contributed by atoms with E-state index in [-0.39, 0.29) is 22.8 Å². The Hall–Kier alpha value is -2.93. The van der Waals surface area contributed by atoms with Crippen LogP contribution >= 0.6 is 11.6 Å². The van der Waals surface area contributed by atoms with E-state index in [4.69, 9.17) is 11.6 Å². The maximum absolute atomic E-state index is 13.2. The van der Waals surface area contributed by atoms with Crippen molar-refractivity contribution in [2.75, 3.05) is 23.3 Å². The first-order chi connectivity index (χ1) is 13.5. The van der Waals surface area contributed by atoms with Crippen LogP contribution < -0.4 is 15.8 Å². The molecule has 1 aliphatic heterocycles. The molecule has 0 spiro atoms. The second-order valence-electron chi connectivity index (χ2n) is 6.70. The zero-order valence-corrected chi connectivity index (χ0v) is 15.7. The molecule has 28 heavy (non-hydrogen) atoms. The van der Waals surface area contributed by atoms with Crippen LogP contribution in [-0.4, -0.2) is 28.8 Å². The average Bonchev–Trinajstić information content (AvgIpc) is 3.21. The maximum Gasteiger partial charge on any atom is 0.275 e. The molecule has 8 heteroatoms. The summed E-state index contributed by atoms with van der Waals surface area (Å²) in [5.74, 6) is -0.253. The van der Waals surface area contributed by atoms with Crippen LogP contribution in [0.3, 0.4) is 0 Å². The van der Waals surface area contributed by atoms with Gasteiger partial charge in [0, 0.05) is 18.5 Å². The minimum absolute atomic E-state index is 0.0879. The highest BCUT2D eigenvalue weighted by Crippen LogP contribution is 2.25. The topological polar surface area (TPSA) is 67.2 Å². The number of amides is 1. The predicted octanol–water partition coefficient (Wildman–Crippen LogP) is 3.43. The van der Waals surface area contributed by atoms with E-state index in [0.29, 0.717) is 11.2 Å². The molecule has 0 saturated carbocycles. The fourth-order valence-electron chi connectivity index (χ4n) is 3.40. The van der Waals surface area contributed by atoms with E-state index in [2.05, 4.69) is 15.3 Å². The highest BCUT2D eigenvalue weighted by Gasteiger charge is 2.20. The first kappa shape index (κ1) is 18.4. The average molecular weight is 401 g/mol. The lowest BCUT2D eigenvalue weighted by atomic mass is 10.2. The normalized spacial score (nSPS) is 13.9. The molecule has 0 aliphatic carbocycles. The number of hydrogen-bond donors (Lipinski definition) is 1. The van der Waals surface area contributed by atoms with Crippen LogP contribution in [0.1, 0.15) is 12.8 Å². The number of hydrogen-bond acceptors (Lipinski definition) is 4. The number of nitrogens with zero attached hydrogens (tertiary/aromatic N) is 3. The highest BCUT2D eigenvalue weighted by atomic mass is 35.5. The lowest BCUT2D eigenvalue weighted by Crippen LogP contribution is -2.32. The Morgan fingerprint density at radius 1 is 1.14 bits per heavy atom. The maximum atomic E-state index is 13.2. The summed E-state index contributed by atoms with van der Waals surface area (Å²) in [6, 6.07) is 11.0. The van der Waals surface area contributed by atoms with E-state index < -0.39 is 11.7 Å². The van der Waals surface area contributed by atoms with Gasteiger partial charge in [-0.1, -0.05) is 29.8 Å². The molecule has 4 rings (SSSR count). The number of rotatable bonds is 4. The molecule has 1 aromatic heterocycles. The van der Waals surface area contributed by atoms with Crippen molar-refractivity contribution >= 4 is 39.8 Å². The summed E-state index contributed by atoms with van der Waals surface area (Å²) in [4.78, 5) is 27.4. The van der Waals surface area contributed by atoms with Gasteiger partial charge in [0.05, 0.1) is 16.1 Å². The van der Waals surface area contributed by atoms with E-state index in [0.717, 1.165) is 37.4 Å². The minimum atomic E-state index is -0.495. The number of nitrogens with one attached hydrogen (secondary N) is 1. The number of aromatic nitrogens is 2. The van der Waals surface area contributed by atoms with Gasteiger partial charge in [-0.05, 0) is 37.1 Å². The van der Waals surface area contributed by atoms with Crippen LogP contribution in [0.15, 0.2) is 47.3 Å². The molecule has 1 saturated heterocycles. The molecule has 0 unspecified atom stereocenters. The lowest BCUT2D eigenvalue weighted by Gasteiger charge is -2.19. The van der Waals surface area contributed by atoms with Crippen molar-refractivity contribution in [1.29, 1.82) is 0 Å². The van der Waals surface area contributed by atoms with Crippen LogP contribution in [0.2, 0.25) is 5.02 Å². The van der Waals surface area contributed by atoms with Crippen LogP contribution in [0, 0.1) is 5.82 Å². The van der Waals surface area contributed by atoms with Crippen molar-refractivity contribution in [3.63, 3.8) is 0 Å². The van der Waals surface area contributed by atoms with Gasteiger partial charge in [-0.3, -0.25) is 9.59 Å². The second kappa shape index (κ2) is 7.59. The third kappa shape index (κ3) is 3.57. The Kier molecular flexibility index (Phi) is 5.00. The number of benzene rings is 2. The van der Waals surface area contributed by atoms with Gasteiger partial charge in [0.15, 0.2) is 5.82 Å². The largest absolute Gasteiger partial charge is 0.355 e. The molecule has 1 aliphatic rings. The summed E-state index contributed by atoms with van der Waals surface area (Å²) in [6.45, 7) is 1.47. The monoisotopic (exact) mass is 400 g/mol. The molecule has 1 amide bonds. The third-order valence-electron chi connectivity index (χ3n) is 4.75.